The molecule has 1 heterocycles. The number of nitrogens with two attached hydrogens (primary N) is 1. The van der Waals surface area contributed by atoms with Gasteiger partial charge in [0, 0.05) is 24.3 Å². The van der Waals surface area contributed by atoms with E-state index >= 15 is 0 Å². The van der Waals surface area contributed by atoms with Crippen molar-refractivity contribution in [2.24, 2.45) is 11.7 Å². The fourth-order valence-corrected chi connectivity index (χ4v) is 2.31. The molecule has 0 bridgehead atoms. The molecule has 1 saturated heterocycles. The third kappa shape index (κ3) is 3.86. The molecular weight excluding hydrogens is 202 g/mol. The molecule has 0 aliphatic carbocycles. The lowest BCUT2D eigenvalue weighted by Gasteiger charge is -2.16. The van der Waals surface area contributed by atoms with Crippen LogP contribution in [-0.2, 0) is 14.3 Å². The van der Waals surface area contributed by atoms with Crippen molar-refractivity contribution in [1.29, 1.82) is 0 Å². The third-order valence-corrected chi connectivity index (χ3v) is 3.39. The van der Waals surface area contributed by atoms with Crippen LogP contribution < -0.4 is 5.73 Å². The van der Waals surface area contributed by atoms with E-state index in [0.29, 0.717) is 11.7 Å². The molecule has 0 radical (unpaired) electrons. The highest BCUT2D eigenvalue weighted by atomic mass is 32.2. The summed E-state index contributed by atoms with van der Waals surface area (Å²) in [6.07, 6.45) is 1.04. The summed E-state index contributed by atoms with van der Waals surface area (Å²) in [5.74, 6) is 1.45. The highest BCUT2D eigenvalue weighted by Gasteiger charge is 2.22. The minimum Gasteiger partial charge on any atom is -0.468 e. The van der Waals surface area contributed by atoms with Gasteiger partial charge in [-0.25, -0.2) is 0 Å². The molecule has 1 rings (SSSR count). The second-order valence-electron chi connectivity index (χ2n) is 3.38. The van der Waals surface area contributed by atoms with Gasteiger partial charge >= 0.3 is 5.97 Å². The van der Waals surface area contributed by atoms with Crippen LogP contribution in [0.25, 0.3) is 0 Å². The molecule has 5 heteroatoms. The second-order valence-corrected chi connectivity index (χ2v) is 4.41. The van der Waals surface area contributed by atoms with Gasteiger partial charge in [-0.1, -0.05) is 0 Å². The Kier molecular flexibility index (Phi) is 5.29. The SMILES string of the molecule is COC(=O)CSCC(N)C1CCOC1. The Labute approximate surface area is 88.5 Å². The van der Waals surface area contributed by atoms with E-state index in [0.717, 1.165) is 25.4 Å². The van der Waals surface area contributed by atoms with Crippen molar-refractivity contribution in [3.63, 3.8) is 0 Å². The van der Waals surface area contributed by atoms with Crippen LogP contribution in [-0.4, -0.2) is 43.8 Å². The number of esters is 1. The van der Waals surface area contributed by atoms with E-state index in [-0.39, 0.29) is 12.0 Å². The van der Waals surface area contributed by atoms with Gasteiger partial charge in [-0.3, -0.25) is 4.79 Å². The normalized spacial score (nSPS) is 23.4. The van der Waals surface area contributed by atoms with Gasteiger partial charge < -0.3 is 15.2 Å². The van der Waals surface area contributed by atoms with Gasteiger partial charge in [0.15, 0.2) is 0 Å². The quantitative estimate of drug-likeness (QED) is 0.672. The van der Waals surface area contributed by atoms with Crippen molar-refractivity contribution in [2.75, 3.05) is 31.8 Å². The van der Waals surface area contributed by atoms with Crippen LogP contribution in [0, 0.1) is 5.92 Å². The van der Waals surface area contributed by atoms with Crippen LogP contribution in [0.15, 0.2) is 0 Å². The molecule has 2 N–H and O–H groups in total. The van der Waals surface area contributed by atoms with E-state index in [1.807, 2.05) is 0 Å². The van der Waals surface area contributed by atoms with E-state index in [1.165, 1.54) is 18.9 Å². The van der Waals surface area contributed by atoms with Gasteiger partial charge in [-0.15, -0.1) is 11.8 Å². The van der Waals surface area contributed by atoms with Crippen LogP contribution in [0.2, 0.25) is 0 Å². The van der Waals surface area contributed by atoms with E-state index < -0.39 is 0 Å². The predicted octanol–water partition coefficient (Wildman–Crippen LogP) is 0.256. The first kappa shape index (κ1) is 11.8. The fourth-order valence-electron chi connectivity index (χ4n) is 1.36. The van der Waals surface area contributed by atoms with Crippen molar-refractivity contribution >= 4 is 17.7 Å². The van der Waals surface area contributed by atoms with E-state index in [9.17, 15) is 4.79 Å². The van der Waals surface area contributed by atoms with Crippen molar-refractivity contribution < 1.29 is 14.3 Å². The zero-order valence-electron chi connectivity index (χ0n) is 8.40. The summed E-state index contributed by atoms with van der Waals surface area (Å²) in [5.41, 5.74) is 5.95. The Morgan fingerprint density at radius 3 is 3.14 bits per heavy atom. The summed E-state index contributed by atoms with van der Waals surface area (Å²) >= 11 is 1.53. The van der Waals surface area contributed by atoms with Gasteiger partial charge in [0.25, 0.3) is 0 Å². The van der Waals surface area contributed by atoms with Crippen molar-refractivity contribution in [3.8, 4) is 0 Å². The lowest BCUT2D eigenvalue weighted by molar-refractivity contribution is -0.137. The van der Waals surface area contributed by atoms with Crippen molar-refractivity contribution in [2.45, 2.75) is 12.5 Å². The number of rotatable bonds is 5. The molecule has 0 amide bonds. The third-order valence-electron chi connectivity index (χ3n) is 2.33. The van der Waals surface area contributed by atoms with Gasteiger partial charge in [0.1, 0.15) is 0 Å². The number of ether oxygens (including phenoxy) is 2. The lowest BCUT2D eigenvalue weighted by Crippen LogP contribution is -2.33. The molecule has 2 unspecified atom stereocenters. The summed E-state index contributed by atoms with van der Waals surface area (Å²) in [4.78, 5) is 10.8. The van der Waals surface area contributed by atoms with E-state index in [4.69, 9.17) is 10.5 Å². The molecular formula is C9H17NO3S. The summed E-state index contributed by atoms with van der Waals surface area (Å²) < 4.78 is 9.78. The van der Waals surface area contributed by atoms with Gasteiger partial charge in [0.2, 0.25) is 0 Å². The van der Waals surface area contributed by atoms with Crippen LogP contribution >= 0.6 is 11.8 Å². The molecule has 14 heavy (non-hydrogen) atoms. The Hall–Kier alpha value is -0.260. The first-order chi connectivity index (χ1) is 6.74. The van der Waals surface area contributed by atoms with Crippen LogP contribution in [0.5, 0.6) is 0 Å². The maximum atomic E-state index is 10.8. The maximum absolute atomic E-state index is 10.8. The number of hydrogen-bond donors (Lipinski definition) is 1. The molecule has 2 atom stereocenters. The monoisotopic (exact) mass is 219 g/mol. The van der Waals surface area contributed by atoms with Gasteiger partial charge in [-0.05, 0) is 6.42 Å². The van der Waals surface area contributed by atoms with E-state index in [2.05, 4.69) is 4.74 Å². The molecule has 0 aromatic heterocycles. The number of carbonyl (C=O) groups is 1. The molecule has 0 aromatic carbocycles. The highest BCUT2D eigenvalue weighted by molar-refractivity contribution is 7.99. The van der Waals surface area contributed by atoms with E-state index in [1.54, 1.807) is 0 Å². The van der Waals surface area contributed by atoms with Crippen LogP contribution in [0.3, 0.4) is 0 Å². The van der Waals surface area contributed by atoms with Crippen molar-refractivity contribution in [1.82, 2.24) is 0 Å². The van der Waals surface area contributed by atoms with Crippen LogP contribution in [0.4, 0.5) is 0 Å². The Morgan fingerprint density at radius 2 is 2.57 bits per heavy atom. The van der Waals surface area contributed by atoms with Gasteiger partial charge in [-0.2, -0.15) is 0 Å². The maximum Gasteiger partial charge on any atom is 0.315 e. The topological polar surface area (TPSA) is 61.5 Å². The first-order valence-corrected chi connectivity index (χ1v) is 5.87. The van der Waals surface area contributed by atoms with Gasteiger partial charge in [0.05, 0.1) is 19.5 Å². The molecule has 0 aromatic rings. The molecule has 1 aliphatic rings. The molecule has 1 fully saturated rings. The predicted molar refractivity (Wildman–Crippen MR) is 56.2 cm³/mol. The lowest BCUT2D eigenvalue weighted by atomic mass is 10.0. The molecule has 0 saturated carbocycles. The Balaban J connectivity index is 2.08. The smallest absolute Gasteiger partial charge is 0.315 e. The number of carbonyl (C=O) groups excluding carboxylic acids is 1. The molecule has 0 spiro atoms. The van der Waals surface area contributed by atoms with Crippen LogP contribution in [0.1, 0.15) is 6.42 Å². The minimum atomic E-state index is -0.190. The number of methoxy groups -OCH3 is 1. The summed E-state index contributed by atoms with van der Waals surface area (Å²) in [6, 6.07) is 0.132. The summed E-state index contributed by atoms with van der Waals surface area (Å²) in [6.45, 7) is 1.58. The summed E-state index contributed by atoms with van der Waals surface area (Å²) in [5, 5.41) is 0. The standard InChI is InChI=1S/C9H17NO3S/c1-12-9(11)6-14-5-8(10)7-2-3-13-4-7/h7-8H,2-6,10H2,1H3. The highest BCUT2D eigenvalue weighted by Crippen LogP contribution is 2.18. The second kappa shape index (κ2) is 6.27. The fraction of sp³-hybridized carbons (Fsp3) is 0.889. The number of hydrogen-bond acceptors (Lipinski definition) is 5. The molecule has 4 nitrogen and oxygen atoms in total. The average Bonchev–Trinajstić information content (AvgIpc) is 2.70. The first-order valence-electron chi connectivity index (χ1n) is 4.72. The molecule has 1 aliphatic heterocycles. The molecule has 82 valence electrons. The zero-order chi connectivity index (χ0) is 10.4. The summed E-state index contributed by atoms with van der Waals surface area (Å²) in [7, 11) is 1.40. The average molecular weight is 219 g/mol. The zero-order valence-corrected chi connectivity index (χ0v) is 9.22. The Morgan fingerprint density at radius 1 is 1.79 bits per heavy atom. The Bertz CT molecular complexity index is 183. The number of thioether (sulfide) groups is 1. The minimum absolute atomic E-state index is 0.132. The largest absolute Gasteiger partial charge is 0.468 e. The van der Waals surface area contributed by atoms with Crippen molar-refractivity contribution in [3.05, 3.63) is 0 Å².